The Balaban J connectivity index is 2.05. The third-order valence-electron chi connectivity index (χ3n) is 3.03. The van der Waals surface area contributed by atoms with E-state index in [2.05, 4.69) is 10.3 Å². The molecule has 1 unspecified atom stereocenters. The highest BCUT2D eigenvalue weighted by atomic mass is 16.3. The lowest BCUT2D eigenvalue weighted by atomic mass is 9.96. The molecule has 1 heterocycles. The quantitative estimate of drug-likeness (QED) is 0.777. The average Bonchev–Trinajstić information content (AvgIpc) is 2.46. The van der Waals surface area contributed by atoms with E-state index in [1.54, 1.807) is 19.1 Å². The summed E-state index contributed by atoms with van der Waals surface area (Å²) < 4.78 is 0. The number of benzene rings is 1. The van der Waals surface area contributed by atoms with Crippen LogP contribution >= 0.6 is 0 Å². The van der Waals surface area contributed by atoms with Gasteiger partial charge < -0.3 is 15.4 Å². The predicted octanol–water partition coefficient (Wildman–Crippen LogP) is 1.01. The second kappa shape index (κ2) is 5.71. The van der Waals surface area contributed by atoms with Crippen LogP contribution in [-0.4, -0.2) is 22.5 Å². The predicted molar refractivity (Wildman–Crippen MR) is 75.4 cm³/mol. The molecule has 0 aliphatic heterocycles. The van der Waals surface area contributed by atoms with E-state index >= 15 is 0 Å². The highest BCUT2D eigenvalue weighted by molar-refractivity contribution is 5.94. The van der Waals surface area contributed by atoms with E-state index in [4.69, 9.17) is 0 Å². The van der Waals surface area contributed by atoms with Crippen LogP contribution in [0.4, 0.5) is 0 Å². The van der Waals surface area contributed by atoms with Crippen molar-refractivity contribution in [3.05, 3.63) is 70.1 Å². The molecule has 0 bridgehead atoms. The zero-order valence-corrected chi connectivity index (χ0v) is 11.1. The summed E-state index contributed by atoms with van der Waals surface area (Å²) in [5.41, 5.74) is -0.533. The Labute approximate surface area is 116 Å². The van der Waals surface area contributed by atoms with Crippen LogP contribution in [0.3, 0.4) is 0 Å². The number of hydrogen-bond acceptors (Lipinski definition) is 3. The molecule has 0 spiro atoms. The zero-order valence-electron chi connectivity index (χ0n) is 11.1. The lowest BCUT2D eigenvalue weighted by Crippen LogP contribution is -2.38. The smallest absolute Gasteiger partial charge is 0.251 e. The molecule has 20 heavy (non-hydrogen) atoms. The molecule has 104 valence electrons. The molecule has 2 aromatic rings. The Morgan fingerprint density at radius 1 is 1.30 bits per heavy atom. The highest BCUT2D eigenvalue weighted by Crippen LogP contribution is 2.18. The molecule has 5 heteroatoms. The second-order valence-corrected chi connectivity index (χ2v) is 4.76. The minimum absolute atomic E-state index is 0.0582. The number of aromatic nitrogens is 1. The lowest BCUT2D eigenvalue weighted by molar-refractivity contribution is 0.0526. The van der Waals surface area contributed by atoms with Crippen molar-refractivity contribution in [3.63, 3.8) is 0 Å². The number of pyridine rings is 1. The number of rotatable bonds is 4. The van der Waals surface area contributed by atoms with Crippen LogP contribution in [0.2, 0.25) is 0 Å². The van der Waals surface area contributed by atoms with E-state index in [1.807, 2.05) is 18.2 Å². The van der Waals surface area contributed by atoms with Crippen molar-refractivity contribution in [1.29, 1.82) is 0 Å². The maximum atomic E-state index is 11.9. The molecule has 1 amide bonds. The first-order valence-electron chi connectivity index (χ1n) is 6.24. The van der Waals surface area contributed by atoms with Gasteiger partial charge in [-0.05, 0) is 18.6 Å². The van der Waals surface area contributed by atoms with Crippen molar-refractivity contribution in [1.82, 2.24) is 10.3 Å². The number of aliphatic hydroxyl groups is 1. The fraction of sp³-hybridized carbons (Fsp3) is 0.200. The summed E-state index contributed by atoms with van der Waals surface area (Å²) in [6.07, 6.45) is 1.41. The first-order chi connectivity index (χ1) is 9.49. The number of carbonyl (C=O) groups is 1. The third kappa shape index (κ3) is 3.33. The van der Waals surface area contributed by atoms with Crippen LogP contribution < -0.4 is 10.9 Å². The highest BCUT2D eigenvalue weighted by Gasteiger charge is 2.23. The number of aromatic amines is 1. The first kappa shape index (κ1) is 14.0. The molecule has 0 saturated carbocycles. The maximum Gasteiger partial charge on any atom is 0.251 e. The van der Waals surface area contributed by atoms with Crippen molar-refractivity contribution in [2.75, 3.05) is 6.54 Å². The third-order valence-corrected chi connectivity index (χ3v) is 3.03. The first-order valence-corrected chi connectivity index (χ1v) is 6.24. The summed E-state index contributed by atoms with van der Waals surface area (Å²) in [5.74, 6) is -0.396. The Morgan fingerprint density at radius 3 is 2.65 bits per heavy atom. The molecule has 2 rings (SSSR count). The van der Waals surface area contributed by atoms with Gasteiger partial charge in [0.25, 0.3) is 5.91 Å². The topological polar surface area (TPSA) is 82.2 Å². The molecule has 1 aromatic carbocycles. The minimum Gasteiger partial charge on any atom is -0.384 e. The van der Waals surface area contributed by atoms with Gasteiger partial charge in [0.2, 0.25) is 5.56 Å². The Bertz CT molecular complexity index is 647. The molecule has 0 radical (unpaired) electrons. The van der Waals surface area contributed by atoms with Gasteiger partial charge in [-0.15, -0.1) is 0 Å². The van der Waals surface area contributed by atoms with Gasteiger partial charge in [-0.2, -0.15) is 0 Å². The van der Waals surface area contributed by atoms with Crippen LogP contribution in [0, 0.1) is 0 Å². The molecule has 1 atom stereocenters. The van der Waals surface area contributed by atoms with Gasteiger partial charge in [0.1, 0.15) is 5.60 Å². The fourth-order valence-electron chi connectivity index (χ4n) is 1.84. The molecule has 1 aromatic heterocycles. The van der Waals surface area contributed by atoms with Crippen LogP contribution in [0.25, 0.3) is 0 Å². The van der Waals surface area contributed by atoms with Gasteiger partial charge in [-0.1, -0.05) is 30.3 Å². The Kier molecular flexibility index (Phi) is 4.00. The fourth-order valence-corrected chi connectivity index (χ4v) is 1.84. The van der Waals surface area contributed by atoms with Gasteiger partial charge >= 0.3 is 0 Å². The molecule has 5 nitrogen and oxygen atoms in total. The van der Waals surface area contributed by atoms with Crippen LogP contribution in [0.15, 0.2) is 53.5 Å². The number of nitrogens with one attached hydrogen (secondary N) is 2. The lowest BCUT2D eigenvalue weighted by Gasteiger charge is -2.24. The van der Waals surface area contributed by atoms with Gasteiger partial charge in [-0.3, -0.25) is 9.59 Å². The summed E-state index contributed by atoms with van der Waals surface area (Å²) in [6, 6.07) is 11.8. The molecular weight excluding hydrogens is 256 g/mol. The SMILES string of the molecule is CC(O)(CNC(=O)c1cc[nH]c(=O)c1)c1ccccc1. The standard InChI is InChI=1S/C15H16N2O3/c1-15(20,12-5-3-2-4-6-12)10-17-14(19)11-7-8-16-13(18)9-11/h2-9,20H,10H2,1H3,(H,16,18)(H,17,19). The summed E-state index contributed by atoms with van der Waals surface area (Å²) in [4.78, 5) is 25.5. The average molecular weight is 272 g/mol. The Morgan fingerprint density at radius 2 is 2.00 bits per heavy atom. The molecular formula is C15H16N2O3. The van der Waals surface area contributed by atoms with Crippen molar-refractivity contribution < 1.29 is 9.90 Å². The summed E-state index contributed by atoms with van der Waals surface area (Å²) in [7, 11) is 0. The van der Waals surface area contributed by atoms with E-state index in [1.165, 1.54) is 18.3 Å². The minimum atomic E-state index is -1.17. The Hall–Kier alpha value is -2.40. The zero-order chi connectivity index (χ0) is 14.6. The van der Waals surface area contributed by atoms with E-state index in [9.17, 15) is 14.7 Å². The number of amides is 1. The largest absolute Gasteiger partial charge is 0.384 e. The normalized spacial score (nSPS) is 13.5. The van der Waals surface area contributed by atoms with E-state index in [0.717, 1.165) is 0 Å². The van der Waals surface area contributed by atoms with E-state index < -0.39 is 11.5 Å². The van der Waals surface area contributed by atoms with Crippen LogP contribution in [0.5, 0.6) is 0 Å². The maximum absolute atomic E-state index is 11.9. The van der Waals surface area contributed by atoms with Crippen LogP contribution in [0.1, 0.15) is 22.8 Å². The number of hydrogen-bond donors (Lipinski definition) is 3. The van der Waals surface area contributed by atoms with E-state index in [-0.39, 0.29) is 17.7 Å². The van der Waals surface area contributed by atoms with E-state index in [0.29, 0.717) is 5.56 Å². The van der Waals surface area contributed by atoms with Gasteiger partial charge in [0, 0.05) is 17.8 Å². The molecule has 0 aliphatic carbocycles. The van der Waals surface area contributed by atoms with Gasteiger partial charge in [-0.25, -0.2) is 0 Å². The monoisotopic (exact) mass is 272 g/mol. The molecule has 3 N–H and O–H groups in total. The number of H-pyrrole nitrogens is 1. The van der Waals surface area contributed by atoms with Gasteiger partial charge in [0.15, 0.2) is 0 Å². The molecule has 0 fully saturated rings. The summed E-state index contributed by atoms with van der Waals surface area (Å²) in [6.45, 7) is 1.68. The van der Waals surface area contributed by atoms with Crippen molar-refractivity contribution in [2.24, 2.45) is 0 Å². The van der Waals surface area contributed by atoms with Crippen molar-refractivity contribution in [2.45, 2.75) is 12.5 Å². The molecule has 0 aliphatic rings. The molecule has 0 saturated heterocycles. The second-order valence-electron chi connectivity index (χ2n) is 4.76. The van der Waals surface area contributed by atoms with Crippen LogP contribution in [-0.2, 0) is 5.60 Å². The summed E-state index contributed by atoms with van der Waals surface area (Å²) >= 11 is 0. The van der Waals surface area contributed by atoms with Crippen molar-refractivity contribution >= 4 is 5.91 Å². The van der Waals surface area contributed by atoms with Gasteiger partial charge in [0.05, 0.1) is 6.54 Å². The van der Waals surface area contributed by atoms with Crippen molar-refractivity contribution in [3.8, 4) is 0 Å². The summed E-state index contributed by atoms with van der Waals surface area (Å²) in [5, 5.41) is 13.0. The number of carbonyl (C=O) groups excluding carboxylic acids is 1.